The zero-order chi connectivity index (χ0) is 20.1. The second kappa shape index (κ2) is 12.8. The molecule has 3 atom stereocenters. The summed E-state index contributed by atoms with van der Waals surface area (Å²) in [4.78, 5) is 22.6. The molecule has 0 unspecified atom stereocenters. The Balaban J connectivity index is 2.43. The maximum atomic E-state index is 11.4. The normalized spacial score (nSPS) is 23.3. The van der Waals surface area contributed by atoms with Crippen LogP contribution in [0.5, 0.6) is 0 Å². The van der Waals surface area contributed by atoms with Gasteiger partial charge in [0.2, 0.25) is 0 Å². The Kier molecular flexibility index (Phi) is 11.2. The number of hydrogen-bond donors (Lipinski definition) is 2. The van der Waals surface area contributed by atoms with E-state index in [0.717, 1.165) is 39.1 Å². The van der Waals surface area contributed by atoms with Crippen LogP contribution in [0.25, 0.3) is 0 Å². The summed E-state index contributed by atoms with van der Waals surface area (Å²) in [5.41, 5.74) is 0. The number of aliphatic hydroxyl groups is 2. The minimum atomic E-state index is -2.43. The van der Waals surface area contributed by atoms with E-state index >= 15 is 0 Å². The summed E-state index contributed by atoms with van der Waals surface area (Å²) in [6.07, 6.45) is 18.6. The molecule has 0 aliphatic heterocycles. The Labute approximate surface area is 163 Å². The predicted molar refractivity (Wildman–Crippen MR) is 106 cm³/mol. The smallest absolute Gasteiger partial charge is 0.366 e. The fourth-order valence-corrected chi connectivity index (χ4v) is 3.76. The van der Waals surface area contributed by atoms with Crippen molar-refractivity contribution in [2.75, 3.05) is 7.11 Å². The van der Waals surface area contributed by atoms with E-state index in [4.69, 9.17) is 0 Å². The molecule has 0 radical (unpaired) electrons. The number of unbranched alkanes of at least 4 members (excludes halogenated alkanes) is 4. The number of ether oxygens (including phenoxy) is 1. The number of allylic oxidation sites excluding steroid dienone is 4. The summed E-state index contributed by atoms with van der Waals surface area (Å²) < 4.78 is 4.36. The Morgan fingerprint density at radius 1 is 1.11 bits per heavy atom. The van der Waals surface area contributed by atoms with Gasteiger partial charge in [-0.05, 0) is 50.4 Å². The largest absolute Gasteiger partial charge is 0.465 e. The number of hydrogen-bond acceptors (Lipinski definition) is 5. The fourth-order valence-electron chi connectivity index (χ4n) is 3.76. The molecule has 1 saturated carbocycles. The molecule has 0 saturated heterocycles. The summed E-state index contributed by atoms with van der Waals surface area (Å²) in [5, 5.41) is 19.2. The topological polar surface area (TPSA) is 83.8 Å². The van der Waals surface area contributed by atoms with E-state index in [1.807, 2.05) is 12.2 Å². The highest BCUT2D eigenvalue weighted by Gasteiger charge is 2.34. The zero-order valence-corrected chi connectivity index (χ0v) is 16.8. The average molecular weight is 381 g/mol. The lowest BCUT2D eigenvalue weighted by molar-refractivity contribution is -0.208. The van der Waals surface area contributed by atoms with E-state index in [1.165, 1.54) is 25.7 Å². The third-order valence-electron chi connectivity index (χ3n) is 5.44. The summed E-state index contributed by atoms with van der Waals surface area (Å²) >= 11 is 0. The van der Waals surface area contributed by atoms with Crippen LogP contribution in [0.1, 0.15) is 71.1 Å². The molecule has 0 aromatic rings. The number of carbonyl (C=O) groups is 2. The molecule has 5 heteroatoms. The number of methoxy groups -OCH3 is 1. The van der Waals surface area contributed by atoms with Crippen LogP contribution in [0.15, 0.2) is 24.3 Å². The van der Waals surface area contributed by atoms with Crippen LogP contribution in [-0.4, -0.2) is 35.4 Å². The highest BCUT2D eigenvalue weighted by molar-refractivity contribution is 5.76. The molecule has 0 amide bonds. The van der Waals surface area contributed by atoms with Crippen molar-refractivity contribution < 1.29 is 24.5 Å². The first kappa shape index (κ1) is 23.6. The highest BCUT2D eigenvalue weighted by Crippen LogP contribution is 2.39. The number of aldehydes is 1. The first-order valence-electron chi connectivity index (χ1n) is 10.3. The Hall–Kier alpha value is -1.46. The molecule has 0 aromatic carbocycles. The van der Waals surface area contributed by atoms with Crippen LogP contribution in [-0.2, 0) is 14.3 Å². The monoisotopic (exact) mass is 380 g/mol. The lowest BCUT2D eigenvalue weighted by atomic mass is 9.87. The maximum absolute atomic E-state index is 11.4. The molecule has 0 heterocycles. The third-order valence-corrected chi connectivity index (χ3v) is 5.44. The highest BCUT2D eigenvalue weighted by atomic mass is 16.6. The maximum Gasteiger partial charge on any atom is 0.366 e. The lowest BCUT2D eigenvalue weighted by Gasteiger charge is -2.18. The van der Waals surface area contributed by atoms with Crippen LogP contribution < -0.4 is 0 Å². The van der Waals surface area contributed by atoms with Crippen molar-refractivity contribution in [1.82, 2.24) is 0 Å². The molecular formula is C22H36O5. The van der Waals surface area contributed by atoms with Crippen molar-refractivity contribution in [3.63, 3.8) is 0 Å². The molecule has 2 N–H and O–H groups in total. The van der Waals surface area contributed by atoms with Crippen LogP contribution in [0.2, 0.25) is 0 Å². The van der Waals surface area contributed by atoms with Gasteiger partial charge in [-0.2, -0.15) is 0 Å². The van der Waals surface area contributed by atoms with Crippen LogP contribution in [0, 0.1) is 17.8 Å². The summed E-state index contributed by atoms with van der Waals surface area (Å²) in [5.74, 6) is -2.63. The standard InChI is InChI=1S/C22H36O5/c1-3-4-5-6-7-10-13-20-18(14-15-19(20)17-23)12-9-8-11-16-22(25,26)21(24)27-2/h8-10,13,17-20,25-26H,3-7,11-12,14-16H2,1-2H3/b9-8-,13-10+/t18-,19-,20+/m0/s1. The predicted octanol–water partition coefficient (Wildman–Crippen LogP) is 3.93. The van der Waals surface area contributed by atoms with Crippen molar-refractivity contribution in [2.45, 2.75) is 76.9 Å². The number of esters is 1. The Morgan fingerprint density at radius 3 is 2.56 bits per heavy atom. The molecule has 0 bridgehead atoms. The Bertz CT molecular complexity index is 495. The van der Waals surface area contributed by atoms with Gasteiger partial charge in [-0.25, -0.2) is 4.79 Å². The lowest BCUT2D eigenvalue weighted by Crippen LogP contribution is -2.39. The van der Waals surface area contributed by atoms with Crippen LogP contribution >= 0.6 is 0 Å². The van der Waals surface area contributed by atoms with Crippen molar-refractivity contribution in [2.24, 2.45) is 17.8 Å². The second-order valence-corrected chi connectivity index (χ2v) is 7.55. The van der Waals surface area contributed by atoms with Gasteiger partial charge in [0, 0.05) is 12.3 Å². The molecule has 27 heavy (non-hydrogen) atoms. The number of rotatable bonds is 13. The van der Waals surface area contributed by atoms with Gasteiger partial charge < -0.3 is 19.7 Å². The molecule has 1 rings (SSSR count). The summed E-state index contributed by atoms with van der Waals surface area (Å²) in [7, 11) is 1.13. The van der Waals surface area contributed by atoms with Crippen molar-refractivity contribution >= 4 is 12.3 Å². The number of carbonyl (C=O) groups excluding carboxylic acids is 2. The van der Waals surface area contributed by atoms with Crippen molar-refractivity contribution in [1.29, 1.82) is 0 Å². The SMILES string of the molecule is CCCCCC/C=C/[C@@H]1[C@@H](C/C=C\CCC(O)(O)C(=O)OC)CC[C@H]1C=O. The molecule has 154 valence electrons. The van der Waals surface area contributed by atoms with Gasteiger partial charge in [-0.3, -0.25) is 0 Å². The molecule has 0 spiro atoms. The second-order valence-electron chi connectivity index (χ2n) is 7.55. The van der Waals surface area contributed by atoms with Crippen LogP contribution in [0.4, 0.5) is 0 Å². The van der Waals surface area contributed by atoms with E-state index in [2.05, 4.69) is 23.8 Å². The Morgan fingerprint density at radius 2 is 1.89 bits per heavy atom. The first-order valence-corrected chi connectivity index (χ1v) is 10.3. The van der Waals surface area contributed by atoms with E-state index in [1.54, 1.807) is 0 Å². The van der Waals surface area contributed by atoms with E-state index in [0.29, 0.717) is 18.3 Å². The van der Waals surface area contributed by atoms with E-state index in [9.17, 15) is 19.8 Å². The molecule has 0 aromatic heterocycles. The van der Waals surface area contributed by atoms with Gasteiger partial charge in [0.25, 0.3) is 5.79 Å². The van der Waals surface area contributed by atoms with Gasteiger partial charge in [0.1, 0.15) is 6.29 Å². The van der Waals surface area contributed by atoms with Crippen molar-refractivity contribution in [3.05, 3.63) is 24.3 Å². The molecule has 5 nitrogen and oxygen atoms in total. The quantitative estimate of drug-likeness (QED) is 0.166. The van der Waals surface area contributed by atoms with E-state index < -0.39 is 11.8 Å². The average Bonchev–Trinajstić information content (AvgIpc) is 3.05. The van der Waals surface area contributed by atoms with Gasteiger partial charge in [0.15, 0.2) is 0 Å². The first-order chi connectivity index (χ1) is 13.0. The molecule has 1 fully saturated rings. The van der Waals surface area contributed by atoms with Gasteiger partial charge in [-0.1, -0.05) is 50.5 Å². The van der Waals surface area contributed by atoms with E-state index in [-0.39, 0.29) is 12.3 Å². The minimum Gasteiger partial charge on any atom is -0.465 e. The minimum absolute atomic E-state index is 0.0983. The summed E-state index contributed by atoms with van der Waals surface area (Å²) in [6.45, 7) is 2.21. The van der Waals surface area contributed by atoms with Crippen LogP contribution in [0.3, 0.4) is 0 Å². The molecular weight excluding hydrogens is 344 g/mol. The molecule has 1 aliphatic rings. The van der Waals surface area contributed by atoms with Crippen molar-refractivity contribution in [3.8, 4) is 0 Å². The third kappa shape index (κ3) is 8.39. The molecule has 1 aliphatic carbocycles. The fraction of sp³-hybridized carbons (Fsp3) is 0.727. The van der Waals surface area contributed by atoms with Gasteiger partial charge >= 0.3 is 5.97 Å². The van der Waals surface area contributed by atoms with Gasteiger partial charge in [0.05, 0.1) is 7.11 Å². The zero-order valence-electron chi connectivity index (χ0n) is 16.8. The van der Waals surface area contributed by atoms with Gasteiger partial charge in [-0.15, -0.1) is 0 Å². The summed E-state index contributed by atoms with van der Waals surface area (Å²) in [6, 6.07) is 0.